The summed E-state index contributed by atoms with van der Waals surface area (Å²) in [4.78, 5) is 14.8. The van der Waals surface area contributed by atoms with Gasteiger partial charge in [-0.15, -0.1) is 0 Å². The third kappa shape index (κ3) is 2.37. The van der Waals surface area contributed by atoms with Gasteiger partial charge < -0.3 is 5.11 Å². The Morgan fingerprint density at radius 3 is 2.89 bits per heavy atom. The first-order valence-corrected chi connectivity index (χ1v) is 5.53. The second-order valence-corrected chi connectivity index (χ2v) is 3.85. The summed E-state index contributed by atoms with van der Waals surface area (Å²) in [5.74, 6) is -1.61. The molecule has 0 radical (unpaired) electrons. The molecule has 5 nitrogen and oxygen atoms in total. The summed E-state index contributed by atoms with van der Waals surface area (Å²) in [6, 6.07) is 1.22. The normalized spacial score (nSPS) is 10.6. The Bertz CT molecular complexity index is 580. The van der Waals surface area contributed by atoms with Crippen LogP contribution < -0.4 is 0 Å². The molecule has 0 spiro atoms. The average molecular weight is 249 g/mol. The van der Waals surface area contributed by atoms with Crippen LogP contribution in [0.5, 0.6) is 0 Å². The molecule has 0 aromatic carbocycles. The third-order valence-electron chi connectivity index (χ3n) is 2.42. The molecule has 0 saturated heterocycles. The molecule has 18 heavy (non-hydrogen) atoms. The van der Waals surface area contributed by atoms with Crippen molar-refractivity contribution in [2.45, 2.75) is 19.9 Å². The lowest BCUT2D eigenvalue weighted by Crippen LogP contribution is -1.97. The molecule has 0 aliphatic rings. The van der Waals surface area contributed by atoms with Crippen LogP contribution in [0.25, 0.3) is 11.3 Å². The van der Waals surface area contributed by atoms with Crippen LogP contribution in [0.1, 0.15) is 23.7 Å². The Labute approximate surface area is 103 Å². The lowest BCUT2D eigenvalue weighted by molar-refractivity contribution is 0.0697. The van der Waals surface area contributed by atoms with Crippen molar-refractivity contribution in [2.75, 3.05) is 0 Å². The Kier molecular flexibility index (Phi) is 3.36. The number of aromatic nitrogens is 3. The monoisotopic (exact) mass is 249 g/mol. The second-order valence-electron chi connectivity index (χ2n) is 3.85. The van der Waals surface area contributed by atoms with E-state index in [2.05, 4.69) is 10.1 Å². The molecule has 0 bridgehead atoms. The molecule has 2 aromatic rings. The number of hydrogen-bond donors (Lipinski definition) is 1. The first kappa shape index (κ1) is 12.2. The first-order chi connectivity index (χ1) is 8.61. The fraction of sp³-hybridized carbons (Fsp3) is 0.250. The number of carboxylic acid groups (broad SMARTS) is 1. The highest BCUT2D eigenvalue weighted by Gasteiger charge is 2.17. The van der Waals surface area contributed by atoms with Crippen LogP contribution in [-0.2, 0) is 6.54 Å². The van der Waals surface area contributed by atoms with Gasteiger partial charge in [0.25, 0.3) is 0 Å². The zero-order valence-corrected chi connectivity index (χ0v) is 9.80. The van der Waals surface area contributed by atoms with E-state index < -0.39 is 11.8 Å². The predicted molar refractivity (Wildman–Crippen MR) is 62.7 cm³/mol. The number of aryl methyl sites for hydroxylation is 1. The standard InChI is InChI=1S/C12H12FN3O2/c1-2-3-16-7-10(12(17)18)11(15-16)8-4-9(13)6-14-5-8/h4-7H,2-3H2,1H3,(H,17,18). The van der Waals surface area contributed by atoms with Crippen molar-refractivity contribution in [1.82, 2.24) is 14.8 Å². The molecule has 0 fully saturated rings. The summed E-state index contributed by atoms with van der Waals surface area (Å²) >= 11 is 0. The van der Waals surface area contributed by atoms with Crippen molar-refractivity contribution in [3.05, 3.63) is 36.0 Å². The molecule has 2 aromatic heterocycles. The number of halogens is 1. The maximum Gasteiger partial charge on any atom is 0.339 e. The smallest absolute Gasteiger partial charge is 0.339 e. The Morgan fingerprint density at radius 2 is 2.28 bits per heavy atom. The van der Waals surface area contributed by atoms with Gasteiger partial charge in [-0.25, -0.2) is 9.18 Å². The maximum atomic E-state index is 13.1. The third-order valence-corrected chi connectivity index (χ3v) is 2.42. The molecule has 1 N–H and O–H groups in total. The molecule has 0 amide bonds. The van der Waals surface area contributed by atoms with Crippen LogP contribution in [0.15, 0.2) is 24.7 Å². The van der Waals surface area contributed by atoms with Crippen molar-refractivity contribution in [3.8, 4) is 11.3 Å². The maximum absolute atomic E-state index is 13.1. The number of carboxylic acids is 1. The molecule has 0 aliphatic heterocycles. The zero-order valence-electron chi connectivity index (χ0n) is 9.80. The van der Waals surface area contributed by atoms with E-state index in [1.807, 2.05) is 6.92 Å². The minimum Gasteiger partial charge on any atom is -0.478 e. The van der Waals surface area contributed by atoms with Crippen molar-refractivity contribution >= 4 is 5.97 Å². The summed E-state index contributed by atoms with van der Waals surface area (Å²) in [5.41, 5.74) is 0.654. The minimum atomic E-state index is -1.09. The van der Waals surface area contributed by atoms with Gasteiger partial charge in [-0.05, 0) is 12.5 Å². The van der Waals surface area contributed by atoms with Crippen molar-refractivity contribution in [3.63, 3.8) is 0 Å². The average Bonchev–Trinajstić information content (AvgIpc) is 2.74. The van der Waals surface area contributed by atoms with Gasteiger partial charge in [0, 0.05) is 24.5 Å². The molecular weight excluding hydrogens is 237 g/mol. The number of rotatable bonds is 4. The van der Waals surface area contributed by atoms with Gasteiger partial charge in [0.15, 0.2) is 0 Å². The van der Waals surface area contributed by atoms with E-state index in [9.17, 15) is 9.18 Å². The number of aromatic carboxylic acids is 1. The van der Waals surface area contributed by atoms with Crippen molar-refractivity contribution in [1.29, 1.82) is 0 Å². The van der Waals surface area contributed by atoms with Crippen LogP contribution >= 0.6 is 0 Å². The Morgan fingerprint density at radius 1 is 1.50 bits per heavy atom. The Balaban J connectivity index is 2.51. The van der Waals surface area contributed by atoms with Crippen LogP contribution in [0.3, 0.4) is 0 Å². The summed E-state index contributed by atoms with van der Waals surface area (Å²) in [5, 5.41) is 13.3. The molecular formula is C12H12FN3O2. The van der Waals surface area contributed by atoms with Crippen LogP contribution in [0.2, 0.25) is 0 Å². The topological polar surface area (TPSA) is 68.0 Å². The van der Waals surface area contributed by atoms with Gasteiger partial charge in [-0.3, -0.25) is 9.67 Å². The van der Waals surface area contributed by atoms with Crippen molar-refractivity contribution < 1.29 is 14.3 Å². The van der Waals surface area contributed by atoms with Crippen LogP contribution in [-0.4, -0.2) is 25.8 Å². The van der Waals surface area contributed by atoms with Crippen molar-refractivity contribution in [2.24, 2.45) is 0 Å². The van der Waals surface area contributed by atoms with Gasteiger partial charge in [0.05, 0.1) is 6.20 Å². The van der Waals surface area contributed by atoms with E-state index in [1.165, 1.54) is 18.5 Å². The van der Waals surface area contributed by atoms with E-state index in [0.29, 0.717) is 12.1 Å². The lowest BCUT2D eigenvalue weighted by atomic mass is 10.1. The van der Waals surface area contributed by atoms with Gasteiger partial charge in [0.2, 0.25) is 0 Å². The Hall–Kier alpha value is -2.24. The molecule has 6 heteroatoms. The number of carbonyl (C=O) groups is 1. The molecule has 94 valence electrons. The van der Waals surface area contributed by atoms with Crippen LogP contribution in [0.4, 0.5) is 4.39 Å². The van der Waals surface area contributed by atoms with Gasteiger partial charge in [-0.2, -0.15) is 5.10 Å². The fourth-order valence-electron chi connectivity index (χ4n) is 1.68. The number of pyridine rings is 1. The predicted octanol–water partition coefficient (Wildman–Crippen LogP) is 2.19. The fourth-order valence-corrected chi connectivity index (χ4v) is 1.68. The summed E-state index contributed by atoms with van der Waals surface area (Å²) < 4.78 is 14.6. The highest BCUT2D eigenvalue weighted by molar-refractivity contribution is 5.94. The summed E-state index contributed by atoms with van der Waals surface area (Å²) in [6.45, 7) is 2.58. The van der Waals surface area contributed by atoms with E-state index in [4.69, 9.17) is 5.11 Å². The number of nitrogens with zero attached hydrogens (tertiary/aromatic N) is 3. The van der Waals surface area contributed by atoms with E-state index in [0.717, 1.165) is 12.6 Å². The van der Waals surface area contributed by atoms with Gasteiger partial charge in [0.1, 0.15) is 17.1 Å². The molecule has 0 aliphatic carbocycles. The van der Waals surface area contributed by atoms with Gasteiger partial charge >= 0.3 is 5.97 Å². The quantitative estimate of drug-likeness (QED) is 0.901. The molecule has 2 heterocycles. The minimum absolute atomic E-state index is 0.0517. The largest absolute Gasteiger partial charge is 0.478 e. The number of hydrogen-bond acceptors (Lipinski definition) is 3. The SMILES string of the molecule is CCCn1cc(C(=O)O)c(-c2cncc(F)c2)n1. The first-order valence-electron chi connectivity index (χ1n) is 5.53. The molecule has 2 rings (SSSR count). The highest BCUT2D eigenvalue weighted by Crippen LogP contribution is 2.22. The van der Waals surface area contributed by atoms with Gasteiger partial charge in [-0.1, -0.05) is 6.92 Å². The van der Waals surface area contributed by atoms with E-state index in [1.54, 1.807) is 4.68 Å². The zero-order chi connectivity index (χ0) is 13.1. The summed E-state index contributed by atoms with van der Waals surface area (Å²) in [6.07, 6.45) is 4.74. The molecule has 0 atom stereocenters. The summed E-state index contributed by atoms with van der Waals surface area (Å²) in [7, 11) is 0. The lowest BCUT2D eigenvalue weighted by Gasteiger charge is -1.98. The second kappa shape index (κ2) is 4.95. The van der Waals surface area contributed by atoms with E-state index >= 15 is 0 Å². The van der Waals surface area contributed by atoms with E-state index in [-0.39, 0.29) is 11.3 Å². The molecule has 0 unspecified atom stereocenters. The van der Waals surface area contributed by atoms with Crippen LogP contribution in [0, 0.1) is 5.82 Å². The molecule has 0 saturated carbocycles. The highest BCUT2D eigenvalue weighted by atomic mass is 19.1.